The average molecular weight is 241 g/mol. The third kappa shape index (κ3) is 6.44. The van der Waals surface area contributed by atoms with E-state index < -0.39 is 0 Å². The summed E-state index contributed by atoms with van der Waals surface area (Å²) in [5, 5.41) is 8.55. The maximum atomic E-state index is 10.7. The minimum absolute atomic E-state index is 0.0451. The quantitative estimate of drug-likeness (QED) is 0.418. The molecule has 0 aromatic heterocycles. The van der Waals surface area contributed by atoms with E-state index in [1.54, 1.807) is 13.0 Å². The van der Waals surface area contributed by atoms with Gasteiger partial charge in [-0.25, -0.2) is 0 Å². The predicted octanol–water partition coefficient (Wildman–Crippen LogP) is 1.55. The van der Waals surface area contributed by atoms with E-state index in [4.69, 9.17) is 5.11 Å². The standard InChI is InChI=1S/C12H18O3P/c1-11(9-14)12(10-15)5-8-16(2)7-4-3-6-13/h3-4,7,9-10,13H,5-6,8H2,1-2H3/q+1/b4-3-,12-11-. The summed E-state index contributed by atoms with van der Waals surface area (Å²) in [5.74, 6) is 2.03. The lowest BCUT2D eigenvalue weighted by atomic mass is 10.1. The van der Waals surface area contributed by atoms with Crippen LogP contribution < -0.4 is 0 Å². The smallest absolute Gasteiger partial charge is 0.146 e. The monoisotopic (exact) mass is 241 g/mol. The molecule has 0 radical (unpaired) electrons. The van der Waals surface area contributed by atoms with Crippen molar-refractivity contribution in [3.05, 3.63) is 23.3 Å². The fourth-order valence-corrected chi connectivity index (χ4v) is 2.22. The first-order valence-corrected chi connectivity index (χ1v) is 7.11. The molecule has 0 heterocycles. The van der Waals surface area contributed by atoms with Gasteiger partial charge < -0.3 is 5.11 Å². The Labute approximate surface area is 97.2 Å². The van der Waals surface area contributed by atoms with Gasteiger partial charge in [-0.05, 0) is 18.6 Å². The van der Waals surface area contributed by atoms with E-state index in [0.29, 0.717) is 17.6 Å². The molecule has 4 heteroatoms. The Bertz CT molecular complexity index is 327. The lowest BCUT2D eigenvalue weighted by molar-refractivity contribution is -0.107. The van der Waals surface area contributed by atoms with Crippen molar-refractivity contribution in [1.29, 1.82) is 0 Å². The van der Waals surface area contributed by atoms with E-state index in [-0.39, 0.29) is 14.2 Å². The Morgan fingerprint density at radius 1 is 1.31 bits per heavy atom. The molecule has 0 aromatic rings. The molecule has 3 nitrogen and oxygen atoms in total. The van der Waals surface area contributed by atoms with Crippen LogP contribution in [0, 0.1) is 0 Å². The summed E-state index contributed by atoms with van der Waals surface area (Å²) in [7, 11) is -0.292. The lowest BCUT2D eigenvalue weighted by Gasteiger charge is -1.96. The lowest BCUT2D eigenvalue weighted by Crippen LogP contribution is -1.94. The van der Waals surface area contributed by atoms with Crippen molar-refractivity contribution in [3.8, 4) is 0 Å². The van der Waals surface area contributed by atoms with E-state index >= 15 is 0 Å². The summed E-state index contributed by atoms with van der Waals surface area (Å²) in [5.41, 5.74) is 1.10. The van der Waals surface area contributed by atoms with Crippen LogP contribution in [0.25, 0.3) is 0 Å². The fraction of sp³-hybridized carbons (Fsp3) is 0.417. The van der Waals surface area contributed by atoms with Crippen LogP contribution in [0.15, 0.2) is 23.3 Å². The molecule has 0 saturated heterocycles. The van der Waals surface area contributed by atoms with E-state index in [1.807, 2.05) is 11.9 Å². The third-order valence-corrected chi connectivity index (χ3v) is 3.75. The first kappa shape index (κ1) is 14.9. The van der Waals surface area contributed by atoms with Crippen LogP contribution in [0.4, 0.5) is 0 Å². The summed E-state index contributed by atoms with van der Waals surface area (Å²) in [6.45, 7) is 3.79. The summed E-state index contributed by atoms with van der Waals surface area (Å²) in [6.07, 6.45) is 6.51. The van der Waals surface area contributed by atoms with Crippen LogP contribution in [-0.2, 0) is 9.59 Å². The predicted molar refractivity (Wildman–Crippen MR) is 69.4 cm³/mol. The van der Waals surface area contributed by atoms with Crippen LogP contribution in [0.2, 0.25) is 0 Å². The van der Waals surface area contributed by atoms with Crippen molar-refractivity contribution in [2.45, 2.75) is 13.3 Å². The second-order valence-corrected chi connectivity index (χ2v) is 5.69. The normalized spacial score (nSPS) is 13.8. The maximum Gasteiger partial charge on any atom is 0.146 e. The number of allylic oxidation sites excluding steroid dienone is 3. The number of carbonyl (C=O) groups is 2. The van der Waals surface area contributed by atoms with Crippen LogP contribution in [0.3, 0.4) is 0 Å². The highest BCUT2D eigenvalue weighted by atomic mass is 31.1. The Morgan fingerprint density at radius 2 is 2.00 bits per heavy atom. The Balaban J connectivity index is 4.33. The van der Waals surface area contributed by atoms with Gasteiger partial charge in [-0.2, -0.15) is 0 Å². The van der Waals surface area contributed by atoms with E-state index in [9.17, 15) is 9.59 Å². The van der Waals surface area contributed by atoms with Gasteiger partial charge in [0.1, 0.15) is 24.5 Å². The zero-order valence-electron chi connectivity index (χ0n) is 9.72. The van der Waals surface area contributed by atoms with Crippen molar-refractivity contribution in [2.75, 3.05) is 19.4 Å². The molecule has 0 aromatic carbocycles. The second-order valence-electron chi connectivity index (χ2n) is 3.43. The van der Waals surface area contributed by atoms with Crippen molar-refractivity contribution < 1.29 is 14.7 Å². The van der Waals surface area contributed by atoms with Gasteiger partial charge in [-0.15, -0.1) is 0 Å². The highest BCUT2D eigenvalue weighted by Crippen LogP contribution is 2.20. The molecular formula is C12H18O3P+. The van der Waals surface area contributed by atoms with E-state index in [2.05, 4.69) is 6.66 Å². The summed E-state index contributed by atoms with van der Waals surface area (Å²) in [4.78, 5) is 21.2. The first-order valence-electron chi connectivity index (χ1n) is 5.07. The molecule has 1 atom stereocenters. The fourth-order valence-electron chi connectivity index (χ4n) is 1.06. The SMILES string of the molecule is C/C(C=O)=C(/C=O)CC[P+](C)=C/C=C\CO. The van der Waals surface area contributed by atoms with E-state index in [1.165, 1.54) is 0 Å². The molecule has 88 valence electrons. The molecule has 0 amide bonds. The summed E-state index contributed by atoms with van der Waals surface area (Å²) < 4.78 is 0. The highest BCUT2D eigenvalue weighted by molar-refractivity contribution is 7.56. The molecule has 0 aliphatic carbocycles. The van der Waals surface area contributed by atoms with Crippen molar-refractivity contribution in [2.24, 2.45) is 0 Å². The van der Waals surface area contributed by atoms with Gasteiger partial charge in [0.2, 0.25) is 0 Å². The van der Waals surface area contributed by atoms with Crippen LogP contribution in [0.5, 0.6) is 0 Å². The topological polar surface area (TPSA) is 54.4 Å². The molecule has 0 fully saturated rings. The number of aliphatic hydroxyl groups excluding tert-OH is 1. The number of rotatable bonds is 7. The number of aliphatic hydroxyl groups is 1. The minimum Gasteiger partial charge on any atom is -0.392 e. The largest absolute Gasteiger partial charge is 0.392 e. The van der Waals surface area contributed by atoms with Gasteiger partial charge >= 0.3 is 0 Å². The van der Waals surface area contributed by atoms with Crippen molar-refractivity contribution in [1.82, 2.24) is 0 Å². The number of hydrogen-bond donors (Lipinski definition) is 1. The Hall–Kier alpha value is -1.05. The van der Waals surface area contributed by atoms with Crippen molar-refractivity contribution in [3.63, 3.8) is 0 Å². The van der Waals surface area contributed by atoms with Crippen LogP contribution in [-0.4, -0.2) is 42.9 Å². The van der Waals surface area contributed by atoms with Gasteiger partial charge in [-0.1, -0.05) is 6.08 Å². The molecule has 0 bridgehead atoms. The Kier molecular flexibility index (Phi) is 8.59. The van der Waals surface area contributed by atoms with E-state index in [0.717, 1.165) is 18.7 Å². The van der Waals surface area contributed by atoms with Gasteiger partial charge in [0.15, 0.2) is 0 Å². The van der Waals surface area contributed by atoms with Gasteiger partial charge in [0.25, 0.3) is 0 Å². The third-order valence-electron chi connectivity index (χ3n) is 2.14. The molecule has 1 N–H and O–H groups in total. The molecule has 0 aliphatic rings. The molecule has 0 rings (SSSR count). The van der Waals surface area contributed by atoms with Crippen molar-refractivity contribution >= 4 is 25.9 Å². The summed E-state index contributed by atoms with van der Waals surface area (Å²) in [6, 6.07) is 0. The maximum absolute atomic E-state index is 10.7. The zero-order valence-corrected chi connectivity index (χ0v) is 10.6. The molecule has 0 saturated carbocycles. The second kappa shape index (κ2) is 9.20. The highest BCUT2D eigenvalue weighted by Gasteiger charge is 2.06. The number of aldehydes is 2. The molecule has 0 aliphatic heterocycles. The van der Waals surface area contributed by atoms with Gasteiger partial charge in [0, 0.05) is 12.0 Å². The number of hydrogen-bond acceptors (Lipinski definition) is 3. The average Bonchev–Trinajstić information content (AvgIpc) is 2.29. The Morgan fingerprint density at radius 3 is 2.50 bits per heavy atom. The van der Waals surface area contributed by atoms with Crippen LogP contribution >= 0.6 is 7.55 Å². The molecule has 16 heavy (non-hydrogen) atoms. The molecule has 0 spiro atoms. The summed E-state index contributed by atoms with van der Waals surface area (Å²) >= 11 is 0. The first-order chi connectivity index (χ1) is 7.65. The van der Waals surface area contributed by atoms with Gasteiger partial charge in [-0.3, -0.25) is 9.59 Å². The molecule has 1 unspecified atom stereocenters. The minimum atomic E-state index is -0.292. The van der Waals surface area contributed by atoms with Crippen LogP contribution in [0.1, 0.15) is 13.3 Å². The van der Waals surface area contributed by atoms with Gasteiger partial charge in [0.05, 0.1) is 20.8 Å². The zero-order chi connectivity index (χ0) is 12.4. The molecular weight excluding hydrogens is 223 g/mol. The number of carbonyl (C=O) groups excluding carboxylic acids is 2.